The zero-order valence-corrected chi connectivity index (χ0v) is 23.7. The summed E-state index contributed by atoms with van der Waals surface area (Å²) in [7, 11) is 0. The number of ether oxygens (including phenoxy) is 1. The molecule has 1 N–H and O–H groups in total. The first-order chi connectivity index (χ1) is 20.1. The first-order valence-electron chi connectivity index (χ1n) is 14.2. The summed E-state index contributed by atoms with van der Waals surface area (Å²) < 4.78 is 6.09. The molecular formula is C37H31ClN2O. The molecule has 1 aliphatic carbocycles. The third kappa shape index (κ3) is 5.14. The maximum absolute atomic E-state index is 6.59. The van der Waals surface area contributed by atoms with E-state index in [0.29, 0.717) is 29.2 Å². The third-order valence-corrected chi connectivity index (χ3v) is 8.65. The van der Waals surface area contributed by atoms with Crippen LogP contribution >= 0.6 is 11.6 Å². The fraction of sp³-hybridized carbons (Fsp3) is 0.162. The van der Waals surface area contributed by atoms with E-state index in [9.17, 15) is 0 Å². The van der Waals surface area contributed by atoms with Gasteiger partial charge in [0, 0.05) is 17.8 Å². The lowest BCUT2D eigenvalue weighted by atomic mass is 9.76. The smallest absolute Gasteiger partial charge is 0.138 e. The lowest BCUT2D eigenvalue weighted by Crippen LogP contribution is -2.29. The Morgan fingerprint density at radius 1 is 0.927 bits per heavy atom. The third-order valence-electron chi connectivity index (χ3n) is 8.35. The minimum absolute atomic E-state index is 0.281. The van der Waals surface area contributed by atoms with Crippen LogP contribution in [0.15, 0.2) is 120 Å². The van der Waals surface area contributed by atoms with Gasteiger partial charge in [0.25, 0.3) is 0 Å². The number of hydrogen-bond donors (Lipinski definition) is 1. The second-order valence-electron chi connectivity index (χ2n) is 11.0. The van der Waals surface area contributed by atoms with Crippen LogP contribution in [0.2, 0.25) is 5.02 Å². The van der Waals surface area contributed by atoms with Crippen molar-refractivity contribution >= 4 is 40.0 Å². The molecule has 0 saturated heterocycles. The number of nitrogens with zero attached hydrogens (tertiary/aromatic N) is 1. The van der Waals surface area contributed by atoms with Gasteiger partial charge >= 0.3 is 0 Å². The molecule has 202 valence electrons. The Bertz CT molecular complexity index is 1780. The zero-order chi connectivity index (χ0) is 27.8. The number of halogens is 1. The molecule has 0 unspecified atom stereocenters. The zero-order valence-electron chi connectivity index (χ0n) is 22.9. The molecule has 0 saturated carbocycles. The first-order valence-corrected chi connectivity index (χ1v) is 14.6. The minimum atomic E-state index is 0.281. The van der Waals surface area contributed by atoms with Gasteiger partial charge in [0.05, 0.1) is 16.8 Å². The predicted octanol–water partition coefficient (Wildman–Crippen LogP) is 9.96. The van der Waals surface area contributed by atoms with Crippen LogP contribution in [0.1, 0.15) is 46.2 Å². The fourth-order valence-corrected chi connectivity index (χ4v) is 6.49. The Hall–Kier alpha value is -4.34. The number of anilines is 1. The fourth-order valence-electron chi connectivity index (χ4n) is 6.25. The van der Waals surface area contributed by atoms with Gasteiger partial charge in [-0.2, -0.15) is 0 Å². The Morgan fingerprint density at radius 2 is 1.78 bits per heavy atom. The molecule has 0 aromatic heterocycles. The van der Waals surface area contributed by atoms with E-state index in [0.717, 1.165) is 23.2 Å². The van der Waals surface area contributed by atoms with Gasteiger partial charge in [0.15, 0.2) is 0 Å². The van der Waals surface area contributed by atoms with Crippen LogP contribution in [0, 0.1) is 12.8 Å². The van der Waals surface area contributed by atoms with Crippen molar-refractivity contribution in [1.29, 1.82) is 0 Å². The van der Waals surface area contributed by atoms with Gasteiger partial charge in [-0.15, -0.1) is 0 Å². The number of benzene rings is 5. The normalized spacial score (nSPS) is 19.2. The lowest BCUT2D eigenvalue weighted by molar-refractivity contribution is 0.308. The highest BCUT2D eigenvalue weighted by atomic mass is 35.5. The number of fused-ring (bicyclic) bond motifs is 4. The van der Waals surface area contributed by atoms with Crippen molar-refractivity contribution in [2.45, 2.75) is 31.9 Å². The van der Waals surface area contributed by atoms with E-state index in [1.54, 1.807) is 0 Å². The second-order valence-corrected chi connectivity index (χ2v) is 11.4. The molecule has 0 bridgehead atoms. The summed E-state index contributed by atoms with van der Waals surface area (Å²) in [6.45, 7) is 2.63. The van der Waals surface area contributed by atoms with Crippen molar-refractivity contribution in [2.75, 3.05) is 5.32 Å². The van der Waals surface area contributed by atoms with Gasteiger partial charge in [-0.25, -0.2) is 0 Å². The highest BCUT2D eigenvalue weighted by molar-refractivity contribution is 6.32. The minimum Gasteiger partial charge on any atom is -0.487 e. The van der Waals surface area contributed by atoms with E-state index < -0.39 is 0 Å². The maximum atomic E-state index is 6.59. The van der Waals surface area contributed by atoms with E-state index in [1.807, 2.05) is 24.4 Å². The van der Waals surface area contributed by atoms with Crippen LogP contribution in [-0.2, 0) is 6.61 Å². The van der Waals surface area contributed by atoms with Crippen molar-refractivity contribution in [3.63, 3.8) is 0 Å². The van der Waals surface area contributed by atoms with Crippen LogP contribution in [0.3, 0.4) is 0 Å². The second kappa shape index (κ2) is 10.9. The van der Waals surface area contributed by atoms with E-state index in [4.69, 9.17) is 21.3 Å². The maximum Gasteiger partial charge on any atom is 0.138 e. The molecule has 1 aliphatic heterocycles. The number of allylic oxidation sites excluding steroid dienone is 2. The van der Waals surface area contributed by atoms with Crippen LogP contribution in [-0.4, -0.2) is 6.21 Å². The van der Waals surface area contributed by atoms with Gasteiger partial charge in [-0.05, 0) is 88.7 Å². The molecular weight excluding hydrogens is 524 g/mol. The summed E-state index contributed by atoms with van der Waals surface area (Å²) in [6.07, 6.45) is 7.67. The molecule has 0 radical (unpaired) electrons. The molecule has 0 amide bonds. The molecule has 5 aromatic rings. The van der Waals surface area contributed by atoms with Crippen LogP contribution < -0.4 is 10.1 Å². The first kappa shape index (κ1) is 25.6. The average Bonchev–Trinajstić information content (AvgIpc) is 3.50. The summed E-state index contributed by atoms with van der Waals surface area (Å²) in [4.78, 5) is 4.72. The summed E-state index contributed by atoms with van der Waals surface area (Å²) in [5.74, 6) is 1.66. The Kier molecular flexibility index (Phi) is 6.82. The average molecular weight is 555 g/mol. The topological polar surface area (TPSA) is 33.6 Å². The summed E-state index contributed by atoms with van der Waals surface area (Å²) in [5, 5.41) is 6.79. The Morgan fingerprint density at radius 3 is 2.66 bits per heavy atom. The van der Waals surface area contributed by atoms with Crippen molar-refractivity contribution in [3.05, 3.63) is 148 Å². The molecule has 4 heteroatoms. The van der Waals surface area contributed by atoms with Gasteiger partial charge in [-0.1, -0.05) is 96.0 Å². The summed E-state index contributed by atoms with van der Waals surface area (Å²) in [6, 6.07) is 36.0. The predicted molar refractivity (Wildman–Crippen MR) is 171 cm³/mol. The molecule has 3 nitrogen and oxygen atoms in total. The highest BCUT2D eigenvalue weighted by Gasteiger charge is 2.37. The molecule has 5 aromatic carbocycles. The molecule has 41 heavy (non-hydrogen) atoms. The molecule has 7 rings (SSSR count). The van der Waals surface area contributed by atoms with E-state index in [1.165, 1.54) is 33.2 Å². The summed E-state index contributed by atoms with van der Waals surface area (Å²) in [5.41, 5.74) is 8.25. The monoisotopic (exact) mass is 554 g/mol. The Labute approximate surface area is 246 Å². The molecule has 0 spiro atoms. The molecule has 2 aliphatic rings. The largest absolute Gasteiger partial charge is 0.487 e. The molecule has 3 atom stereocenters. The number of aryl methyl sites for hydroxylation is 1. The van der Waals surface area contributed by atoms with E-state index in [2.05, 4.69) is 109 Å². The number of hydrogen-bond acceptors (Lipinski definition) is 3. The highest BCUT2D eigenvalue weighted by Crippen LogP contribution is 2.50. The molecule has 0 fully saturated rings. The van der Waals surface area contributed by atoms with Crippen molar-refractivity contribution in [3.8, 4) is 5.75 Å². The van der Waals surface area contributed by atoms with Gasteiger partial charge in [-0.3, -0.25) is 4.99 Å². The van der Waals surface area contributed by atoms with Crippen molar-refractivity contribution in [2.24, 2.45) is 10.9 Å². The lowest BCUT2D eigenvalue weighted by Gasteiger charge is -2.37. The van der Waals surface area contributed by atoms with Crippen LogP contribution in [0.4, 0.5) is 11.4 Å². The molecule has 1 heterocycles. The SMILES string of the molecule is Cc1ccc2c(c1)[C@@H]1C=CC[C@H]1[C@@H](c1ccc(N=Cc3ccc(OCc4cccc5ccccc45)c(Cl)c3)cc1)N2. The van der Waals surface area contributed by atoms with E-state index in [-0.39, 0.29) is 6.04 Å². The van der Waals surface area contributed by atoms with Crippen LogP contribution in [0.25, 0.3) is 10.8 Å². The number of nitrogens with one attached hydrogen (secondary N) is 1. The van der Waals surface area contributed by atoms with Gasteiger partial charge < -0.3 is 10.1 Å². The van der Waals surface area contributed by atoms with Gasteiger partial charge in [0.1, 0.15) is 12.4 Å². The Balaban J connectivity index is 1.03. The van der Waals surface area contributed by atoms with E-state index >= 15 is 0 Å². The van der Waals surface area contributed by atoms with Crippen molar-refractivity contribution < 1.29 is 4.74 Å². The number of rotatable bonds is 6. The van der Waals surface area contributed by atoms with Gasteiger partial charge in [0.2, 0.25) is 0 Å². The summed E-state index contributed by atoms with van der Waals surface area (Å²) >= 11 is 6.59. The standard InChI is InChI=1S/C37H31ClN2O/c1-24-12-18-35-33(20-24)31-10-5-11-32(31)37(40-35)27-14-16-29(17-15-27)39-22-25-13-19-36(34(38)21-25)41-23-28-8-4-7-26-6-2-3-9-30(26)28/h2-10,12-22,31-32,37,40H,11,23H2,1H3/t31-,32-,37-/m1/s1. The number of aliphatic imine (C=N–C) groups is 1. The van der Waals surface area contributed by atoms with Crippen molar-refractivity contribution in [1.82, 2.24) is 0 Å². The quantitative estimate of drug-likeness (QED) is 0.167. The van der Waals surface area contributed by atoms with Crippen LogP contribution in [0.5, 0.6) is 5.75 Å².